The number of carbonyl (C=O) groups excluding carboxylic acids is 1. The summed E-state index contributed by atoms with van der Waals surface area (Å²) in [5.41, 5.74) is -0.0589. The summed E-state index contributed by atoms with van der Waals surface area (Å²) in [7, 11) is 0. The lowest BCUT2D eigenvalue weighted by atomic mass is 10.2. The Balaban J connectivity index is 2.25. The number of pyridine rings is 1. The van der Waals surface area contributed by atoms with Gasteiger partial charge in [0.2, 0.25) is 5.95 Å². The molecule has 5 nitrogen and oxygen atoms in total. The van der Waals surface area contributed by atoms with Gasteiger partial charge in [0, 0.05) is 6.20 Å². The molecular weight excluding hydrogens is 287 g/mol. The molecule has 1 amide bonds. The molecule has 0 saturated carbocycles. The number of nitrogens with zero attached hydrogens (tertiary/aromatic N) is 1. The van der Waals surface area contributed by atoms with Gasteiger partial charge in [0.1, 0.15) is 0 Å². The van der Waals surface area contributed by atoms with Gasteiger partial charge in [0.05, 0.1) is 21.8 Å². The third-order valence-electron chi connectivity index (χ3n) is 2.47. The normalized spacial score (nSPS) is 10.1. The molecule has 0 radical (unpaired) electrons. The molecule has 0 saturated heterocycles. The number of hydrogen-bond acceptors (Lipinski definition) is 3. The van der Waals surface area contributed by atoms with Gasteiger partial charge in [-0.05, 0) is 30.3 Å². The van der Waals surface area contributed by atoms with Crippen LogP contribution in [0.4, 0.5) is 10.1 Å². The van der Waals surface area contributed by atoms with E-state index in [1.165, 1.54) is 36.5 Å². The van der Waals surface area contributed by atoms with Crippen LogP contribution in [0.1, 0.15) is 20.7 Å². The maximum atomic E-state index is 13.3. The molecular formula is C13H8ClFN2O3. The Labute approximate surface area is 118 Å². The van der Waals surface area contributed by atoms with Crippen LogP contribution in [0.3, 0.4) is 0 Å². The molecule has 20 heavy (non-hydrogen) atoms. The summed E-state index contributed by atoms with van der Waals surface area (Å²) in [6, 6.07) is 6.50. The third-order valence-corrected chi connectivity index (χ3v) is 2.78. The zero-order valence-corrected chi connectivity index (χ0v) is 10.7. The highest BCUT2D eigenvalue weighted by atomic mass is 35.5. The fourth-order valence-corrected chi connectivity index (χ4v) is 1.72. The van der Waals surface area contributed by atoms with Gasteiger partial charge in [-0.15, -0.1) is 0 Å². The Hall–Kier alpha value is -2.47. The number of carbonyl (C=O) groups is 2. The van der Waals surface area contributed by atoms with E-state index in [1.807, 2.05) is 0 Å². The predicted molar refractivity (Wildman–Crippen MR) is 70.6 cm³/mol. The minimum atomic E-state index is -1.14. The summed E-state index contributed by atoms with van der Waals surface area (Å²) < 4.78 is 13.3. The van der Waals surface area contributed by atoms with E-state index in [9.17, 15) is 14.0 Å². The predicted octanol–water partition coefficient (Wildman–Crippen LogP) is 2.82. The van der Waals surface area contributed by atoms with Crippen LogP contribution in [-0.2, 0) is 0 Å². The topological polar surface area (TPSA) is 79.3 Å². The lowest BCUT2D eigenvalue weighted by molar-refractivity contribution is 0.0696. The highest BCUT2D eigenvalue weighted by Gasteiger charge is 2.14. The van der Waals surface area contributed by atoms with Crippen molar-refractivity contribution in [3.63, 3.8) is 0 Å². The molecule has 0 unspecified atom stereocenters. The number of aromatic carboxylic acids is 1. The van der Waals surface area contributed by atoms with Crippen molar-refractivity contribution in [1.82, 2.24) is 4.98 Å². The molecule has 7 heteroatoms. The van der Waals surface area contributed by atoms with Crippen molar-refractivity contribution in [2.75, 3.05) is 5.32 Å². The number of nitrogens with one attached hydrogen (secondary N) is 1. The average molecular weight is 295 g/mol. The van der Waals surface area contributed by atoms with Crippen LogP contribution in [0.15, 0.2) is 36.5 Å². The van der Waals surface area contributed by atoms with E-state index >= 15 is 0 Å². The Morgan fingerprint density at radius 2 is 2.05 bits per heavy atom. The van der Waals surface area contributed by atoms with Crippen molar-refractivity contribution in [3.8, 4) is 0 Å². The molecule has 2 N–H and O–H groups in total. The van der Waals surface area contributed by atoms with E-state index in [2.05, 4.69) is 10.3 Å². The van der Waals surface area contributed by atoms with E-state index < -0.39 is 17.8 Å². The highest BCUT2D eigenvalue weighted by Crippen LogP contribution is 2.23. The van der Waals surface area contributed by atoms with Gasteiger partial charge >= 0.3 is 5.97 Å². The van der Waals surface area contributed by atoms with Crippen molar-refractivity contribution in [2.24, 2.45) is 0 Å². The number of amides is 1. The maximum Gasteiger partial charge on any atom is 0.335 e. The van der Waals surface area contributed by atoms with Gasteiger partial charge in [-0.1, -0.05) is 11.6 Å². The Morgan fingerprint density at radius 3 is 2.65 bits per heavy atom. The lowest BCUT2D eigenvalue weighted by Gasteiger charge is -2.08. The monoisotopic (exact) mass is 294 g/mol. The summed E-state index contributed by atoms with van der Waals surface area (Å²) in [5.74, 6) is -2.76. The Morgan fingerprint density at radius 1 is 1.30 bits per heavy atom. The first kappa shape index (κ1) is 14.0. The summed E-state index contributed by atoms with van der Waals surface area (Å²) in [5, 5.41) is 11.2. The molecule has 1 aromatic carbocycles. The molecule has 1 heterocycles. The molecule has 2 rings (SSSR count). The first-order chi connectivity index (χ1) is 9.49. The SMILES string of the molecule is O=C(O)c1ccc(NC(=O)c2cccnc2F)c(Cl)c1. The van der Waals surface area contributed by atoms with E-state index in [0.717, 1.165) is 0 Å². The summed E-state index contributed by atoms with van der Waals surface area (Å²) in [6.45, 7) is 0. The van der Waals surface area contributed by atoms with E-state index in [4.69, 9.17) is 16.7 Å². The number of carboxylic acid groups (broad SMARTS) is 1. The molecule has 0 aliphatic heterocycles. The number of benzene rings is 1. The van der Waals surface area contributed by atoms with Crippen LogP contribution in [0.25, 0.3) is 0 Å². The Kier molecular flexibility index (Phi) is 3.95. The molecule has 2 aromatic rings. The maximum absolute atomic E-state index is 13.3. The first-order valence-electron chi connectivity index (χ1n) is 5.44. The van der Waals surface area contributed by atoms with Crippen molar-refractivity contribution < 1.29 is 19.1 Å². The average Bonchev–Trinajstić information content (AvgIpc) is 2.41. The van der Waals surface area contributed by atoms with Gasteiger partial charge in [-0.2, -0.15) is 4.39 Å². The Bertz CT molecular complexity index is 691. The number of anilines is 1. The van der Waals surface area contributed by atoms with Crippen LogP contribution in [0.2, 0.25) is 5.02 Å². The molecule has 0 fully saturated rings. The van der Waals surface area contributed by atoms with Gasteiger partial charge < -0.3 is 10.4 Å². The number of aromatic nitrogens is 1. The molecule has 0 aliphatic rings. The van der Waals surface area contributed by atoms with Gasteiger partial charge in [0.25, 0.3) is 5.91 Å². The molecule has 0 aliphatic carbocycles. The van der Waals surface area contributed by atoms with Crippen LogP contribution in [0.5, 0.6) is 0 Å². The van der Waals surface area contributed by atoms with Crippen LogP contribution in [-0.4, -0.2) is 22.0 Å². The number of rotatable bonds is 3. The fraction of sp³-hybridized carbons (Fsp3) is 0. The second-order valence-corrected chi connectivity index (χ2v) is 4.20. The lowest BCUT2D eigenvalue weighted by Crippen LogP contribution is -2.14. The van der Waals surface area contributed by atoms with Crippen LogP contribution in [0, 0.1) is 5.95 Å². The number of halogens is 2. The van der Waals surface area contributed by atoms with Gasteiger partial charge in [0.15, 0.2) is 0 Å². The zero-order chi connectivity index (χ0) is 14.7. The fourth-order valence-electron chi connectivity index (χ4n) is 1.49. The van der Waals surface area contributed by atoms with E-state index in [1.54, 1.807) is 0 Å². The van der Waals surface area contributed by atoms with Crippen LogP contribution < -0.4 is 5.32 Å². The smallest absolute Gasteiger partial charge is 0.335 e. The summed E-state index contributed by atoms with van der Waals surface area (Å²) in [6.07, 6.45) is 1.22. The van der Waals surface area contributed by atoms with E-state index in [0.29, 0.717) is 0 Å². The highest BCUT2D eigenvalue weighted by molar-refractivity contribution is 6.34. The van der Waals surface area contributed by atoms with E-state index in [-0.39, 0.29) is 21.8 Å². The van der Waals surface area contributed by atoms with Crippen LogP contribution >= 0.6 is 11.6 Å². The standard InChI is InChI=1S/C13H8ClFN2O3/c14-9-6-7(13(19)20)3-4-10(9)17-12(18)8-2-1-5-16-11(8)15/h1-6H,(H,17,18)(H,19,20). The summed E-state index contributed by atoms with van der Waals surface area (Å²) in [4.78, 5) is 26.0. The third kappa shape index (κ3) is 2.92. The molecule has 102 valence electrons. The molecule has 0 atom stereocenters. The minimum Gasteiger partial charge on any atom is -0.478 e. The first-order valence-corrected chi connectivity index (χ1v) is 5.81. The van der Waals surface area contributed by atoms with Crippen molar-refractivity contribution in [1.29, 1.82) is 0 Å². The number of hydrogen-bond donors (Lipinski definition) is 2. The summed E-state index contributed by atoms with van der Waals surface area (Å²) >= 11 is 5.86. The van der Waals surface area contributed by atoms with Gasteiger partial charge in [-0.25, -0.2) is 9.78 Å². The molecule has 0 bridgehead atoms. The minimum absolute atomic E-state index is 0.0134. The molecule has 0 spiro atoms. The largest absolute Gasteiger partial charge is 0.478 e. The second-order valence-electron chi connectivity index (χ2n) is 3.80. The van der Waals surface area contributed by atoms with Crippen molar-refractivity contribution >= 4 is 29.2 Å². The quantitative estimate of drug-likeness (QED) is 0.853. The number of carboxylic acids is 1. The van der Waals surface area contributed by atoms with Crippen molar-refractivity contribution in [2.45, 2.75) is 0 Å². The zero-order valence-electron chi connectivity index (χ0n) is 9.93. The van der Waals surface area contributed by atoms with Crippen molar-refractivity contribution in [3.05, 3.63) is 58.6 Å². The second kappa shape index (κ2) is 5.66. The molecule has 1 aromatic heterocycles. The van der Waals surface area contributed by atoms with Gasteiger partial charge in [-0.3, -0.25) is 4.79 Å².